The van der Waals surface area contributed by atoms with E-state index in [0.29, 0.717) is 12.1 Å². The maximum Gasteiger partial charge on any atom is 0.251 e. The molecule has 0 saturated heterocycles. The minimum Gasteiger partial charge on any atom is -0.352 e. The lowest BCUT2D eigenvalue weighted by molar-refractivity contribution is 0.0953. The molecule has 0 spiro atoms. The van der Waals surface area contributed by atoms with Gasteiger partial charge in [-0.2, -0.15) is 0 Å². The van der Waals surface area contributed by atoms with Gasteiger partial charge >= 0.3 is 0 Å². The second kappa shape index (κ2) is 7.70. The first-order chi connectivity index (χ1) is 9.75. The molecule has 0 heterocycles. The number of hydrogen-bond donors (Lipinski definition) is 1. The van der Waals surface area contributed by atoms with Gasteiger partial charge in [-0.25, -0.2) is 4.39 Å². The van der Waals surface area contributed by atoms with Crippen LogP contribution in [0.4, 0.5) is 4.39 Å². The summed E-state index contributed by atoms with van der Waals surface area (Å²) in [6, 6.07) is 15.9. The molecule has 0 aliphatic carbocycles. The molecule has 4 heteroatoms. The van der Waals surface area contributed by atoms with Crippen LogP contribution >= 0.6 is 11.8 Å². The summed E-state index contributed by atoms with van der Waals surface area (Å²) in [5.74, 6) is 0.319. The summed E-state index contributed by atoms with van der Waals surface area (Å²) in [5, 5.41) is 2.79. The molecule has 0 aliphatic heterocycles. The average molecular weight is 289 g/mol. The van der Waals surface area contributed by atoms with Crippen LogP contribution in [0.1, 0.15) is 16.8 Å². The second-order valence-corrected chi connectivity index (χ2v) is 5.45. The Hall–Kier alpha value is -1.81. The van der Waals surface area contributed by atoms with E-state index in [1.807, 2.05) is 18.2 Å². The van der Waals surface area contributed by atoms with E-state index >= 15 is 0 Å². The highest BCUT2D eigenvalue weighted by atomic mass is 32.2. The lowest BCUT2D eigenvalue weighted by Gasteiger charge is -2.05. The van der Waals surface area contributed by atoms with Crippen molar-refractivity contribution in [2.45, 2.75) is 11.3 Å². The van der Waals surface area contributed by atoms with Gasteiger partial charge in [0.25, 0.3) is 5.91 Å². The molecular weight excluding hydrogens is 273 g/mol. The molecule has 0 saturated carbocycles. The van der Waals surface area contributed by atoms with Crippen LogP contribution in [0, 0.1) is 5.82 Å². The maximum absolute atomic E-state index is 13.0. The molecule has 0 fully saturated rings. The highest BCUT2D eigenvalue weighted by Crippen LogP contribution is 2.17. The lowest BCUT2D eigenvalue weighted by Crippen LogP contribution is -2.24. The lowest BCUT2D eigenvalue weighted by atomic mass is 10.2. The van der Waals surface area contributed by atoms with E-state index < -0.39 is 5.82 Å². The van der Waals surface area contributed by atoms with Crippen LogP contribution in [0.3, 0.4) is 0 Å². The van der Waals surface area contributed by atoms with Crippen LogP contribution in [-0.2, 0) is 0 Å². The Morgan fingerprint density at radius 1 is 1.10 bits per heavy atom. The summed E-state index contributed by atoms with van der Waals surface area (Å²) in [7, 11) is 0. The zero-order valence-corrected chi connectivity index (χ0v) is 11.8. The van der Waals surface area contributed by atoms with Crippen molar-refractivity contribution in [1.29, 1.82) is 0 Å². The summed E-state index contributed by atoms with van der Waals surface area (Å²) in [6.45, 7) is 0.592. The number of benzene rings is 2. The second-order valence-electron chi connectivity index (χ2n) is 4.28. The summed E-state index contributed by atoms with van der Waals surface area (Å²) in [5.41, 5.74) is 0.362. The van der Waals surface area contributed by atoms with Gasteiger partial charge in [0.2, 0.25) is 0 Å². The van der Waals surface area contributed by atoms with Gasteiger partial charge in [0.1, 0.15) is 5.82 Å². The first kappa shape index (κ1) is 14.6. The zero-order valence-electron chi connectivity index (χ0n) is 11.0. The van der Waals surface area contributed by atoms with E-state index in [1.54, 1.807) is 17.8 Å². The van der Waals surface area contributed by atoms with Gasteiger partial charge < -0.3 is 5.32 Å². The molecule has 0 radical (unpaired) electrons. The van der Waals surface area contributed by atoms with E-state index in [9.17, 15) is 9.18 Å². The topological polar surface area (TPSA) is 29.1 Å². The fraction of sp³-hybridized carbons (Fsp3) is 0.188. The Labute approximate surface area is 122 Å². The number of carbonyl (C=O) groups is 1. The van der Waals surface area contributed by atoms with Crippen LogP contribution < -0.4 is 5.32 Å². The highest BCUT2D eigenvalue weighted by Gasteiger charge is 2.05. The number of amides is 1. The molecule has 0 aromatic heterocycles. The summed E-state index contributed by atoms with van der Waals surface area (Å²) in [4.78, 5) is 13.0. The fourth-order valence-corrected chi connectivity index (χ4v) is 2.59. The molecule has 2 nitrogen and oxygen atoms in total. The third-order valence-corrected chi connectivity index (χ3v) is 3.80. The zero-order chi connectivity index (χ0) is 14.2. The van der Waals surface area contributed by atoms with Gasteiger partial charge in [-0.3, -0.25) is 4.79 Å². The molecule has 2 rings (SSSR count). The van der Waals surface area contributed by atoms with E-state index in [-0.39, 0.29) is 5.91 Å². The molecule has 0 unspecified atom stereocenters. The Bertz CT molecular complexity index is 559. The largest absolute Gasteiger partial charge is 0.352 e. The molecule has 2 aromatic rings. The van der Waals surface area contributed by atoms with Gasteiger partial charge in [0.05, 0.1) is 0 Å². The molecule has 20 heavy (non-hydrogen) atoms. The third kappa shape index (κ3) is 4.70. The predicted molar refractivity (Wildman–Crippen MR) is 80.5 cm³/mol. The average Bonchev–Trinajstić information content (AvgIpc) is 2.48. The molecule has 2 aromatic carbocycles. The van der Waals surface area contributed by atoms with Crippen molar-refractivity contribution in [3.05, 3.63) is 66.0 Å². The van der Waals surface area contributed by atoms with Gasteiger partial charge in [0.15, 0.2) is 0 Å². The normalized spacial score (nSPS) is 10.2. The van der Waals surface area contributed by atoms with Crippen LogP contribution in [-0.4, -0.2) is 18.2 Å². The van der Waals surface area contributed by atoms with Crippen molar-refractivity contribution in [2.24, 2.45) is 0 Å². The quantitative estimate of drug-likeness (QED) is 0.648. The van der Waals surface area contributed by atoms with Crippen molar-refractivity contribution in [1.82, 2.24) is 5.32 Å². The van der Waals surface area contributed by atoms with Gasteiger partial charge in [-0.05, 0) is 42.5 Å². The molecule has 0 aliphatic rings. The molecule has 0 atom stereocenters. The summed E-state index contributed by atoms with van der Waals surface area (Å²) < 4.78 is 13.0. The highest BCUT2D eigenvalue weighted by molar-refractivity contribution is 7.99. The van der Waals surface area contributed by atoms with E-state index in [0.717, 1.165) is 12.2 Å². The van der Waals surface area contributed by atoms with Crippen molar-refractivity contribution in [3.8, 4) is 0 Å². The number of hydrogen-bond acceptors (Lipinski definition) is 2. The Kier molecular flexibility index (Phi) is 5.62. The first-order valence-electron chi connectivity index (χ1n) is 6.47. The van der Waals surface area contributed by atoms with Crippen molar-refractivity contribution in [2.75, 3.05) is 12.3 Å². The van der Waals surface area contributed by atoms with Gasteiger partial charge in [0, 0.05) is 17.0 Å². The van der Waals surface area contributed by atoms with Crippen molar-refractivity contribution >= 4 is 17.7 Å². The Morgan fingerprint density at radius 3 is 2.65 bits per heavy atom. The van der Waals surface area contributed by atoms with E-state index in [4.69, 9.17) is 0 Å². The Balaban J connectivity index is 1.67. The van der Waals surface area contributed by atoms with Crippen LogP contribution in [0.25, 0.3) is 0 Å². The van der Waals surface area contributed by atoms with E-state index in [2.05, 4.69) is 17.4 Å². The third-order valence-electron chi connectivity index (χ3n) is 2.71. The van der Waals surface area contributed by atoms with Gasteiger partial charge in [-0.1, -0.05) is 24.3 Å². The predicted octanol–water partition coefficient (Wildman–Crippen LogP) is 3.74. The smallest absolute Gasteiger partial charge is 0.251 e. The summed E-state index contributed by atoms with van der Waals surface area (Å²) in [6.07, 6.45) is 0.876. The number of nitrogens with one attached hydrogen (secondary N) is 1. The number of rotatable bonds is 6. The minimum absolute atomic E-state index is 0.228. The fourth-order valence-electron chi connectivity index (χ4n) is 1.71. The van der Waals surface area contributed by atoms with Crippen LogP contribution in [0.5, 0.6) is 0 Å². The molecular formula is C16H16FNOS. The summed E-state index contributed by atoms with van der Waals surface area (Å²) >= 11 is 1.76. The van der Waals surface area contributed by atoms with E-state index in [1.165, 1.54) is 23.1 Å². The maximum atomic E-state index is 13.0. The number of carbonyl (C=O) groups excluding carboxylic acids is 1. The Morgan fingerprint density at radius 2 is 1.90 bits per heavy atom. The molecule has 0 bridgehead atoms. The van der Waals surface area contributed by atoms with Crippen molar-refractivity contribution < 1.29 is 9.18 Å². The number of thioether (sulfide) groups is 1. The first-order valence-corrected chi connectivity index (χ1v) is 7.46. The van der Waals surface area contributed by atoms with Crippen LogP contribution in [0.2, 0.25) is 0 Å². The van der Waals surface area contributed by atoms with Crippen LogP contribution in [0.15, 0.2) is 59.5 Å². The molecule has 1 N–H and O–H groups in total. The van der Waals surface area contributed by atoms with Crippen molar-refractivity contribution in [3.63, 3.8) is 0 Å². The molecule has 104 valence electrons. The minimum atomic E-state index is -0.391. The molecule has 1 amide bonds. The monoisotopic (exact) mass is 289 g/mol. The van der Waals surface area contributed by atoms with Gasteiger partial charge in [-0.15, -0.1) is 11.8 Å². The standard InChI is InChI=1S/C16H16FNOS/c17-14-7-4-6-13(12-14)16(19)18-10-5-11-20-15-8-2-1-3-9-15/h1-4,6-9,12H,5,10-11H2,(H,18,19). The number of halogens is 1. The SMILES string of the molecule is O=C(NCCCSc1ccccc1)c1cccc(F)c1.